The Morgan fingerprint density at radius 2 is 1.35 bits per heavy atom. The van der Waals surface area contributed by atoms with Crippen LogP contribution in [0.5, 0.6) is 0 Å². The van der Waals surface area contributed by atoms with Crippen LogP contribution >= 0.6 is 20.2 Å². The van der Waals surface area contributed by atoms with Gasteiger partial charge in [0.1, 0.15) is 13.2 Å². The van der Waals surface area contributed by atoms with Crippen molar-refractivity contribution in [3.63, 3.8) is 0 Å². The molecule has 0 aromatic rings. The molecule has 0 aromatic heterocycles. The van der Waals surface area contributed by atoms with Gasteiger partial charge < -0.3 is 36.2 Å². The summed E-state index contributed by atoms with van der Waals surface area (Å²) in [5, 5.41) is 0. The van der Waals surface area contributed by atoms with Gasteiger partial charge in [0, 0.05) is 37.7 Å². The summed E-state index contributed by atoms with van der Waals surface area (Å²) >= 11 is 0. The smallest absolute Gasteiger partial charge is 0.412 e. The van der Waals surface area contributed by atoms with Crippen molar-refractivity contribution in [3.8, 4) is 0 Å². The van der Waals surface area contributed by atoms with E-state index in [9.17, 15) is 4.57 Å². The minimum atomic E-state index is -4.26. The van der Waals surface area contributed by atoms with E-state index < -0.39 is 7.82 Å². The van der Waals surface area contributed by atoms with Crippen LogP contribution in [0.25, 0.3) is 0 Å². The minimum absolute atomic E-state index is 0. The Balaban J connectivity index is -0.0000000333. The summed E-state index contributed by atoms with van der Waals surface area (Å²) in [5.74, 6) is 0. The van der Waals surface area contributed by atoms with Gasteiger partial charge in [0.15, 0.2) is 0 Å². The largest absolute Gasteiger partial charge is 0.469 e. The van der Waals surface area contributed by atoms with Crippen LogP contribution < -0.4 is 0 Å². The van der Waals surface area contributed by atoms with Gasteiger partial charge in [-0.3, -0.25) is 4.52 Å². The molecule has 0 fully saturated rings. The molecular formula is C5H24CaClNO8P+. The Bertz CT molecular complexity index is 174. The zero-order chi connectivity index (χ0) is 9.12. The van der Waals surface area contributed by atoms with Crippen molar-refractivity contribution in [3.05, 3.63) is 0 Å². The SMILES string of the molecule is C[N+](C)(C)CCOP(=O)(O)O.Cl.O.O.O.O.[Ca]. The number of nitrogens with zero attached hydrogens (tertiary/aromatic N) is 1. The molecule has 0 aromatic carbocycles. The molecule has 0 aliphatic heterocycles. The molecule has 0 unspecified atom stereocenters. The van der Waals surface area contributed by atoms with Gasteiger partial charge in [0.2, 0.25) is 0 Å². The first-order valence-corrected chi connectivity index (χ1v) is 4.74. The van der Waals surface area contributed by atoms with Crippen LogP contribution in [0.2, 0.25) is 0 Å². The van der Waals surface area contributed by atoms with Crippen LogP contribution in [0.1, 0.15) is 0 Å². The third-order valence-corrected chi connectivity index (χ3v) is 1.54. The molecule has 110 valence electrons. The van der Waals surface area contributed by atoms with Crippen LogP contribution in [-0.2, 0) is 9.09 Å². The number of phosphoric acid groups is 1. The van der Waals surface area contributed by atoms with E-state index in [0.29, 0.717) is 11.0 Å². The molecule has 0 aliphatic rings. The molecular weight excluding hydrogens is 309 g/mol. The zero-order valence-corrected chi connectivity index (χ0v) is 14.1. The van der Waals surface area contributed by atoms with Crippen LogP contribution in [0.15, 0.2) is 0 Å². The molecule has 10 N–H and O–H groups in total. The number of halogens is 1. The van der Waals surface area contributed by atoms with E-state index in [1.165, 1.54) is 0 Å². The zero-order valence-electron chi connectivity index (χ0n) is 10.1. The fourth-order valence-corrected chi connectivity index (χ4v) is 0.753. The summed E-state index contributed by atoms with van der Waals surface area (Å²) in [4.78, 5) is 16.6. The van der Waals surface area contributed by atoms with Gasteiger partial charge in [-0.25, -0.2) is 4.57 Å². The van der Waals surface area contributed by atoms with E-state index in [1.54, 1.807) is 0 Å². The first kappa shape index (κ1) is 42.9. The van der Waals surface area contributed by atoms with Gasteiger partial charge in [-0.15, -0.1) is 12.4 Å². The molecule has 9 nitrogen and oxygen atoms in total. The normalized spacial score (nSPS) is 8.76. The van der Waals surface area contributed by atoms with Crippen molar-refractivity contribution >= 4 is 58.0 Å². The molecule has 0 aliphatic carbocycles. The number of hydrogen-bond donors (Lipinski definition) is 2. The molecule has 17 heavy (non-hydrogen) atoms. The second kappa shape index (κ2) is 17.5. The molecule has 2 radical (unpaired) electrons. The minimum Gasteiger partial charge on any atom is -0.412 e. The van der Waals surface area contributed by atoms with Crippen LogP contribution in [0.4, 0.5) is 0 Å². The third kappa shape index (κ3) is 46.6. The van der Waals surface area contributed by atoms with E-state index in [1.807, 2.05) is 21.1 Å². The maximum Gasteiger partial charge on any atom is 0.469 e. The summed E-state index contributed by atoms with van der Waals surface area (Å²) in [7, 11) is 1.50. The maximum atomic E-state index is 10.2. The monoisotopic (exact) mass is 332 g/mol. The van der Waals surface area contributed by atoms with Crippen molar-refractivity contribution in [2.75, 3.05) is 34.3 Å². The molecule has 0 heterocycles. The summed E-state index contributed by atoms with van der Waals surface area (Å²) in [6, 6.07) is 0. The second-order valence-electron chi connectivity index (χ2n) is 3.34. The standard InChI is InChI=1S/C5H14NO4P.Ca.ClH.4H2O/c1-6(2,3)4-5-10-11(7,8)9;;;;;;/h4-5H2,1-3H3,(H-,7,8,9);;1H;4*1H2/p+1. The number of rotatable bonds is 4. The van der Waals surface area contributed by atoms with Gasteiger partial charge >= 0.3 is 7.82 Å². The molecule has 0 amide bonds. The first-order valence-electron chi connectivity index (χ1n) is 3.21. The predicted molar refractivity (Wildman–Crippen MR) is 68.4 cm³/mol. The van der Waals surface area contributed by atoms with Crippen molar-refractivity contribution in [1.29, 1.82) is 0 Å². The van der Waals surface area contributed by atoms with Gasteiger partial charge in [-0.2, -0.15) is 0 Å². The Morgan fingerprint density at radius 3 is 1.53 bits per heavy atom. The van der Waals surface area contributed by atoms with E-state index in [0.717, 1.165) is 0 Å². The van der Waals surface area contributed by atoms with Crippen LogP contribution in [0.3, 0.4) is 0 Å². The predicted octanol–water partition coefficient (Wildman–Crippen LogP) is -3.46. The number of hydrogen-bond acceptors (Lipinski definition) is 2. The summed E-state index contributed by atoms with van der Waals surface area (Å²) in [5.41, 5.74) is 0. The van der Waals surface area contributed by atoms with Crippen molar-refractivity contribution in [2.45, 2.75) is 0 Å². The van der Waals surface area contributed by atoms with Crippen LogP contribution in [0, 0.1) is 0 Å². The number of phosphoric ester groups is 1. The Hall–Kier alpha value is 1.46. The second-order valence-corrected chi connectivity index (χ2v) is 4.58. The molecule has 0 atom stereocenters. The fourth-order valence-electron chi connectivity index (χ4n) is 0.434. The summed E-state index contributed by atoms with van der Waals surface area (Å²) in [6.45, 7) is 0.652. The van der Waals surface area contributed by atoms with E-state index in [4.69, 9.17) is 9.79 Å². The van der Waals surface area contributed by atoms with E-state index in [-0.39, 0.29) is 78.7 Å². The first-order chi connectivity index (χ1) is 4.71. The quantitative estimate of drug-likeness (QED) is 0.307. The van der Waals surface area contributed by atoms with Crippen LogP contribution in [-0.4, -0.2) is 108 Å². The molecule has 0 rings (SSSR count). The topological polar surface area (TPSA) is 193 Å². The average molecular weight is 333 g/mol. The number of quaternary nitrogens is 1. The van der Waals surface area contributed by atoms with Gasteiger partial charge in [-0.1, -0.05) is 0 Å². The molecule has 12 heteroatoms. The average Bonchev–Trinajstić information content (AvgIpc) is 1.55. The van der Waals surface area contributed by atoms with Crippen molar-refractivity contribution < 1.29 is 45.3 Å². The van der Waals surface area contributed by atoms with E-state index in [2.05, 4.69) is 4.52 Å². The van der Waals surface area contributed by atoms with Crippen molar-refractivity contribution in [2.24, 2.45) is 0 Å². The Morgan fingerprint density at radius 1 is 1.06 bits per heavy atom. The maximum absolute atomic E-state index is 10.2. The molecule has 0 saturated heterocycles. The van der Waals surface area contributed by atoms with Crippen molar-refractivity contribution in [1.82, 2.24) is 0 Å². The molecule has 0 spiro atoms. The summed E-state index contributed by atoms with van der Waals surface area (Å²) < 4.78 is 15.1. The Labute approximate surface area is 137 Å². The van der Waals surface area contributed by atoms with Gasteiger partial charge in [0.25, 0.3) is 0 Å². The molecule has 0 bridgehead atoms. The Kier molecular flexibility index (Phi) is 44.0. The van der Waals surface area contributed by atoms with Gasteiger partial charge in [-0.05, 0) is 0 Å². The number of likely N-dealkylation sites (N-methyl/N-ethyl adjacent to an activating group) is 1. The van der Waals surface area contributed by atoms with Gasteiger partial charge in [0.05, 0.1) is 21.1 Å². The summed E-state index contributed by atoms with van der Waals surface area (Å²) in [6.07, 6.45) is 0. The fraction of sp³-hybridized carbons (Fsp3) is 1.00. The van der Waals surface area contributed by atoms with E-state index >= 15 is 0 Å². The molecule has 0 saturated carbocycles. The third-order valence-electron chi connectivity index (χ3n) is 1.02.